The van der Waals surface area contributed by atoms with Crippen molar-refractivity contribution in [3.63, 3.8) is 0 Å². The number of nitrogens with one attached hydrogen (secondary N) is 1. The Morgan fingerprint density at radius 1 is 0.933 bits per heavy atom. The van der Waals surface area contributed by atoms with Crippen LogP contribution in [0.3, 0.4) is 0 Å². The lowest BCUT2D eigenvalue weighted by atomic mass is 9.75. The highest BCUT2D eigenvalue weighted by Gasteiger charge is 2.32. The van der Waals surface area contributed by atoms with Crippen LogP contribution < -0.4 is 11.3 Å². The van der Waals surface area contributed by atoms with Crippen LogP contribution in [-0.4, -0.2) is 6.04 Å². The van der Waals surface area contributed by atoms with Crippen LogP contribution in [0.5, 0.6) is 0 Å². The monoisotopic (exact) mass is 210 g/mol. The van der Waals surface area contributed by atoms with E-state index in [2.05, 4.69) is 12.3 Å². The molecule has 0 aromatic heterocycles. The maximum Gasteiger partial charge on any atom is 0.0266 e. The molecule has 2 saturated carbocycles. The fourth-order valence-electron chi connectivity index (χ4n) is 3.62. The summed E-state index contributed by atoms with van der Waals surface area (Å²) >= 11 is 0. The molecule has 0 amide bonds. The van der Waals surface area contributed by atoms with Crippen molar-refractivity contribution in [2.45, 2.75) is 64.3 Å². The van der Waals surface area contributed by atoms with Gasteiger partial charge in [0.2, 0.25) is 0 Å². The molecule has 2 rings (SSSR count). The predicted molar refractivity (Wildman–Crippen MR) is 64.2 cm³/mol. The number of hydrogen-bond donors (Lipinski definition) is 2. The van der Waals surface area contributed by atoms with Gasteiger partial charge in [0.15, 0.2) is 0 Å². The standard InChI is InChI=1S/C13H26N2/c1-10-6-8-12(9-7-10)13(15-14)11-4-2-3-5-11/h10-13,15H,2-9,14H2,1H3. The lowest BCUT2D eigenvalue weighted by Crippen LogP contribution is -2.46. The minimum atomic E-state index is 0.611. The zero-order valence-electron chi connectivity index (χ0n) is 10.0. The average Bonchev–Trinajstić information content (AvgIpc) is 2.75. The molecule has 1 atom stereocenters. The average molecular weight is 210 g/mol. The van der Waals surface area contributed by atoms with Crippen LogP contribution in [0, 0.1) is 17.8 Å². The molecule has 0 aromatic rings. The summed E-state index contributed by atoms with van der Waals surface area (Å²) in [6.45, 7) is 2.39. The van der Waals surface area contributed by atoms with Crippen LogP contribution in [0.15, 0.2) is 0 Å². The van der Waals surface area contributed by atoms with Gasteiger partial charge in [-0.05, 0) is 43.4 Å². The summed E-state index contributed by atoms with van der Waals surface area (Å²) in [6, 6.07) is 0.611. The van der Waals surface area contributed by atoms with Crippen LogP contribution in [0.4, 0.5) is 0 Å². The Morgan fingerprint density at radius 3 is 2.00 bits per heavy atom. The van der Waals surface area contributed by atoms with Crippen molar-refractivity contribution in [3.8, 4) is 0 Å². The first-order chi connectivity index (χ1) is 7.31. The minimum absolute atomic E-state index is 0.611. The Bertz CT molecular complexity index is 179. The van der Waals surface area contributed by atoms with E-state index in [1.807, 2.05) is 0 Å². The second kappa shape index (κ2) is 5.31. The minimum Gasteiger partial charge on any atom is -0.271 e. The van der Waals surface area contributed by atoms with Gasteiger partial charge in [-0.2, -0.15) is 0 Å². The fourth-order valence-corrected chi connectivity index (χ4v) is 3.62. The highest BCUT2D eigenvalue weighted by Crippen LogP contribution is 2.37. The van der Waals surface area contributed by atoms with E-state index in [1.165, 1.54) is 51.4 Å². The van der Waals surface area contributed by atoms with E-state index in [4.69, 9.17) is 5.84 Å². The first-order valence-corrected chi connectivity index (χ1v) is 6.77. The smallest absolute Gasteiger partial charge is 0.0266 e. The molecule has 0 saturated heterocycles. The molecule has 15 heavy (non-hydrogen) atoms. The van der Waals surface area contributed by atoms with Gasteiger partial charge in [0.05, 0.1) is 0 Å². The largest absolute Gasteiger partial charge is 0.271 e. The molecule has 3 N–H and O–H groups in total. The molecule has 2 heteroatoms. The normalized spacial score (nSPS) is 35.6. The Kier molecular flexibility index (Phi) is 4.04. The Hall–Kier alpha value is -0.0800. The van der Waals surface area contributed by atoms with Crippen molar-refractivity contribution in [3.05, 3.63) is 0 Å². The Balaban J connectivity index is 1.88. The molecule has 2 nitrogen and oxygen atoms in total. The van der Waals surface area contributed by atoms with Crippen LogP contribution in [-0.2, 0) is 0 Å². The summed E-state index contributed by atoms with van der Waals surface area (Å²) in [5, 5.41) is 0. The van der Waals surface area contributed by atoms with Gasteiger partial charge in [0.1, 0.15) is 0 Å². The van der Waals surface area contributed by atoms with Crippen LogP contribution in [0.1, 0.15) is 58.3 Å². The number of hydrogen-bond acceptors (Lipinski definition) is 2. The maximum absolute atomic E-state index is 5.77. The second-order valence-electron chi connectivity index (χ2n) is 5.76. The summed E-state index contributed by atoms with van der Waals surface area (Å²) < 4.78 is 0. The zero-order chi connectivity index (χ0) is 10.7. The molecular weight excluding hydrogens is 184 g/mol. The van der Waals surface area contributed by atoms with Gasteiger partial charge >= 0.3 is 0 Å². The highest BCUT2D eigenvalue weighted by atomic mass is 15.2. The molecule has 1 unspecified atom stereocenters. The van der Waals surface area contributed by atoms with Gasteiger partial charge in [-0.1, -0.05) is 32.6 Å². The third kappa shape index (κ3) is 2.73. The molecule has 0 radical (unpaired) electrons. The van der Waals surface area contributed by atoms with Crippen LogP contribution in [0.2, 0.25) is 0 Å². The fraction of sp³-hybridized carbons (Fsp3) is 1.00. The molecular formula is C13H26N2. The Labute approximate surface area is 94.0 Å². The van der Waals surface area contributed by atoms with Crippen molar-refractivity contribution in [1.82, 2.24) is 5.43 Å². The van der Waals surface area contributed by atoms with Crippen molar-refractivity contribution in [2.75, 3.05) is 0 Å². The number of rotatable bonds is 3. The summed E-state index contributed by atoms with van der Waals surface area (Å²) in [7, 11) is 0. The molecule has 2 aliphatic rings. The Morgan fingerprint density at radius 2 is 1.47 bits per heavy atom. The topological polar surface area (TPSA) is 38.0 Å². The zero-order valence-corrected chi connectivity index (χ0v) is 10.0. The molecule has 0 bridgehead atoms. The first-order valence-electron chi connectivity index (χ1n) is 6.77. The second-order valence-corrected chi connectivity index (χ2v) is 5.76. The summed E-state index contributed by atoms with van der Waals surface area (Å²) in [5.74, 6) is 8.44. The molecule has 88 valence electrons. The van der Waals surface area contributed by atoms with Gasteiger partial charge in [-0.25, -0.2) is 0 Å². The van der Waals surface area contributed by atoms with E-state index in [9.17, 15) is 0 Å². The molecule has 0 aromatic carbocycles. The summed E-state index contributed by atoms with van der Waals surface area (Å²) in [5.41, 5.74) is 3.13. The molecule has 0 heterocycles. The van der Waals surface area contributed by atoms with E-state index >= 15 is 0 Å². The summed E-state index contributed by atoms with van der Waals surface area (Å²) in [4.78, 5) is 0. The SMILES string of the molecule is CC1CCC(C(NN)C2CCCC2)CC1. The van der Waals surface area contributed by atoms with Crippen LogP contribution in [0.25, 0.3) is 0 Å². The van der Waals surface area contributed by atoms with Crippen LogP contribution >= 0.6 is 0 Å². The first kappa shape index (κ1) is 11.4. The third-order valence-electron chi connectivity index (χ3n) is 4.67. The lowest BCUT2D eigenvalue weighted by molar-refractivity contribution is 0.184. The third-order valence-corrected chi connectivity index (χ3v) is 4.67. The highest BCUT2D eigenvalue weighted by molar-refractivity contribution is 4.87. The van der Waals surface area contributed by atoms with Crippen molar-refractivity contribution in [1.29, 1.82) is 0 Å². The van der Waals surface area contributed by atoms with Gasteiger partial charge in [0, 0.05) is 6.04 Å². The van der Waals surface area contributed by atoms with Gasteiger partial charge in [0.25, 0.3) is 0 Å². The van der Waals surface area contributed by atoms with E-state index in [1.54, 1.807) is 0 Å². The van der Waals surface area contributed by atoms with Crippen molar-refractivity contribution in [2.24, 2.45) is 23.6 Å². The van der Waals surface area contributed by atoms with E-state index < -0.39 is 0 Å². The number of hydrazine groups is 1. The lowest BCUT2D eigenvalue weighted by Gasteiger charge is -2.35. The van der Waals surface area contributed by atoms with E-state index in [0.29, 0.717) is 6.04 Å². The van der Waals surface area contributed by atoms with E-state index in [-0.39, 0.29) is 0 Å². The van der Waals surface area contributed by atoms with E-state index in [0.717, 1.165) is 17.8 Å². The predicted octanol–water partition coefficient (Wildman–Crippen LogP) is 2.83. The van der Waals surface area contributed by atoms with Crippen molar-refractivity contribution >= 4 is 0 Å². The summed E-state index contributed by atoms with van der Waals surface area (Å²) in [6.07, 6.45) is 11.3. The molecule has 2 aliphatic carbocycles. The van der Waals surface area contributed by atoms with Gasteiger partial charge < -0.3 is 0 Å². The van der Waals surface area contributed by atoms with Crippen molar-refractivity contribution < 1.29 is 0 Å². The quantitative estimate of drug-likeness (QED) is 0.555. The molecule has 0 spiro atoms. The molecule has 2 fully saturated rings. The van der Waals surface area contributed by atoms with Gasteiger partial charge in [-0.15, -0.1) is 0 Å². The molecule has 0 aliphatic heterocycles. The maximum atomic E-state index is 5.77. The number of nitrogens with two attached hydrogens (primary N) is 1. The van der Waals surface area contributed by atoms with Gasteiger partial charge in [-0.3, -0.25) is 11.3 Å².